The highest BCUT2D eigenvalue weighted by atomic mass is 127. The Hall–Kier alpha value is -2.88. The Bertz CT molecular complexity index is 988. The van der Waals surface area contributed by atoms with Crippen LogP contribution in [0.5, 0.6) is 0 Å². The molecule has 2 aromatic carbocycles. The molecule has 3 N–H and O–H groups in total. The van der Waals surface area contributed by atoms with Crippen molar-refractivity contribution in [3.8, 4) is 11.5 Å². The van der Waals surface area contributed by atoms with Gasteiger partial charge in [0.25, 0.3) is 5.91 Å². The SMILES string of the molecule is CCNC(=O)c1cccc(CN=C(NCC)NCc2coc(-c3ccccc3)n2)c1.I. The van der Waals surface area contributed by atoms with Crippen LogP contribution in [0.1, 0.15) is 35.5 Å². The summed E-state index contributed by atoms with van der Waals surface area (Å²) < 4.78 is 5.58. The van der Waals surface area contributed by atoms with Crippen LogP contribution in [-0.2, 0) is 13.1 Å². The van der Waals surface area contributed by atoms with Crippen molar-refractivity contribution in [3.63, 3.8) is 0 Å². The molecular weight excluding hydrogens is 505 g/mol. The summed E-state index contributed by atoms with van der Waals surface area (Å²) in [6.45, 7) is 6.19. The van der Waals surface area contributed by atoms with E-state index < -0.39 is 0 Å². The Kier molecular flexibility index (Phi) is 10.0. The van der Waals surface area contributed by atoms with Crippen LogP contribution in [0, 0.1) is 0 Å². The Labute approximate surface area is 199 Å². The van der Waals surface area contributed by atoms with E-state index in [1.807, 2.05) is 62.4 Å². The van der Waals surface area contributed by atoms with Gasteiger partial charge in [0.2, 0.25) is 5.89 Å². The molecule has 1 amide bonds. The summed E-state index contributed by atoms with van der Waals surface area (Å²) in [5.41, 5.74) is 3.33. The van der Waals surface area contributed by atoms with Crippen LogP contribution in [0.2, 0.25) is 0 Å². The number of halogens is 1. The van der Waals surface area contributed by atoms with Gasteiger partial charge in [-0.3, -0.25) is 4.79 Å². The first-order valence-electron chi connectivity index (χ1n) is 10.1. The number of amides is 1. The molecule has 1 aromatic heterocycles. The van der Waals surface area contributed by atoms with Gasteiger partial charge in [-0.15, -0.1) is 24.0 Å². The number of aromatic nitrogens is 1. The van der Waals surface area contributed by atoms with Gasteiger partial charge in [0, 0.05) is 24.2 Å². The molecule has 0 bridgehead atoms. The van der Waals surface area contributed by atoms with Gasteiger partial charge in [-0.25, -0.2) is 9.98 Å². The Balaban J connectivity index is 0.00000341. The fourth-order valence-electron chi connectivity index (χ4n) is 2.86. The number of nitrogens with one attached hydrogen (secondary N) is 3. The molecule has 0 radical (unpaired) electrons. The summed E-state index contributed by atoms with van der Waals surface area (Å²) in [7, 11) is 0. The van der Waals surface area contributed by atoms with E-state index in [-0.39, 0.29) is 29.9 Å². The topological polar surface area (TPSA) is 91.5 Å². The first kappa shape index (κ1) is 24.4. The highest BCUT2D eigenvalue weighted by molar-refractivity contribution is 14.0. The molecule has 0 atom stereocenters. The predicted octanol–water partition coefficient (Wildman–Crippen LogP) is 3.96. The zero-order valence-electron chi connectivity index (χ0n) is 17.7. The van der Waals surface area contributed by atoms with Crippen molar-refractivity contribution in [3.05, 3.63) is 77.7 Å². The number of nitrogens with zero attached hydrogens (tertiary/aromatic N) is 2. The van der Waals surface area contributed by atoms with E-state index in [4.69, 9.17) is 4.42 Å². The van der Waals surface area contributed by atoms with E-state index in [0.29, 0.717) is 37.0 Å². The molecule has 3 aromatic rings. The molecule has 31 heavy (non-hydrogen) atoms. The van der Waals surface area contributed by atoms with E-state index in [9.17, 15) is 4.79 Å². The molecule has 0 aliphatic carbocycles. The molecule has 0 saturated carbocycles. The summed E-state index contributed by atoms with van der Waals surface area (Å²) in [6, 6.07) is 17.3. The van der Waals surface area contributed by atoms with Crippen molar-refractivity contribution in [2.75, 3.05) is 13.1 Å². The summed E-state index contributed by atoms with van der Waals surface area (Å²) in [5.74, 6) is 1.19. The largest absolute Gasteiger partial charge is 0.444 e. The summed E-state index contributed by atoms with van der Waals surface area (Å²) in [4.78, 5) is 21.2. The van der Waals surface area contributed by atoms with Gasteiger partial charge in [0.15, 0.2) is 5.96 Å². The molecule has 1 heterocycles. The summed E-state index contributed by atoms with van der Waals surface area (Å²) in [5, 5.41) is 9.30. The van der Waals surface area contributed by atoms with Crippen LogP contribution in [0.3, 0.4) is 0 Å². The molecule has 0 aliphatic heterocycles. The average Bonchev–Trinajstić information content (AvgIpc) is 3.26. The molecular formula is C23H28IN5O2. The maximum Gasteiger partial charge on any atom is 0.251 e. The van der Waals surface area contributed by atoms with Crippen LogP contribution in [0.25, 0.3) is 11.5 Å². The van der Waals surface area contributed by atoms with Crippen molar-refractivity contribution >= 4 is 35.8 Å². The van der Waals surface area contributed by atoms with Crippen LogP contribution in [-0.4, -0.2) is 29.9 Å². The van der Waals surface area contributed by atoms with E-state index in [1.165, 1.54) is 0 Å². The van der Waals surface area contributed by atoms with Gasteiger partial charge < -0.3 is 20.4 Å². The van der Waals surface area contributed by atoms with Crippen LogP contribution in [0.4, 0.5) is 0 Å². The predicted molar refractivity (Wildman–Crippen MR) is 133 cm³/mol. The van der Waals surface area contributed by atoms with Crippen molar-refractivity contribution in [1.29, 1.82) is 0 Å². The van der Waals surface area contributed by atoms with Gasteiger partial charge in [0.05, 0.1) is 18.8 Å². The number of guanidine groups is 1. The molecule has 164 valence electrons. The first-order chi connectivity index (χ1) is 14.7. The second kappa shape index (κ2) is 12.7. The minimum Gasteiger partial charge on any atom is -0.444 e. The standard InChI is InChI=1S/C23H27N5O2.HI/c1-3-24-21(29)19-12-8-9-17(13-19)14-26-23(25-4-2)27-15-20-16-30-22(28-20)18-10-6-5-7-11-18;/h5-13,16H,3-4,14-15H2,1-2H3,(H,24,29)(H2,25,26,27);1H. The number of rotatable bonds is 8. The molecule has 0 unspecified atom stereocenters. The van der Waals surface area contributed by atoms with E-state index >= 15 is 0 Å². The lowest BCUT2D eigenvalue weighted by atomic mass is 10.1. The molecule has 0 aliphatic rings. The quantitative estimate of drug-likeness (QED) is 0.232. The molecule has 0 spiro atoms. The highest BCUT2D eigenvalue weighted by Crippen LogP contribution is 2.17. The van der Waals surface area contributed by atoms with E-state index in [0.717, 1.165) is 23.4 Å². The molecule has 7 nitrogen and oxygen atoms in total. The van der Waals surface area contributed by atoms with Crippen LogP contribution >= 0.6 is 24.0 Å². The normalized spacial score (nSPS) is 10.8. The van der Waals surface area contributed by atoms with Crippen LogP contribution < -0.4 is 16.0 Å². The fourth-order valence-corrected chi connectivity index (χ4v) is 2.86. The van der Waals surface area contributed by atoms with E-state index in [2.05, 4.69) is 25.9 Å². The van der Waals surface area contributed by atoms with Gasteiger partial charge >= 0.3 is 0 Å². The van der Waals surface area contributed by atoms with Crippen molar-refractivity contribution in [1.82, 2.24) is 20.9 Å². The Morgan fingerprint density at radius 3 is 2.52 bits per heavy atom. The van der Waals surface area contributed by atoms with E-state index in [1.54, 1.807) is 12.3 Å². The molecule has 0 fully saturated rings. The number of benzene rings is 2. The minimum absolute atomic E-state index is 0. The zero-order valence-corrected chi connectivity index (χ0v) is 20.1. The first-order valence-corrected chi connectivity index (χ1v) is 10.1. The van der Waals surface area contributed by atoms with Gasteiger partial charge in [0.1, 0.15) is 6.26 Å². The smallest absolute Gasteiger partial charge is 0.251 e. The lowest BCUT2D eigenvalue weighted by Crippen LogP contribution is -2.36. The average molecular weight is 533 g/mol. The second-order valence-electron chi connectivity index (χ2n) is 6.62. The van der Waals surface area contributed by atoms with Crippen molar-refractivity contribution in [2.45, 2.75) is 26.9 Å². The number of carbonyl (C=O) groups excluding carboxylic acids is 1. The van der Waals surface area contributed by atoms with Gasteiger partial charge in [-0.2, -0.15) is 0 Å². The van der Waals surface area contributed by atoms with Crippen molar-refractivity contribution in [2.24, 2.45) is 4.99 Å². The Morgan fingerprint density at radius 2 is 1.77 bits per heavy atom. The minimum atomic E-state index is -0.0754. The lowest BCUT2D eigenvalue weighted by molar-refractivity contribution is 0.0955. The highest BCUT2D eigenvalue weighted by Gasteiger charge is 2.08. The number of aliphatic imine (C=N–C) groups is 1. The molecule has 3 rings (SSSR count). The third-order valence-corrected chi connectivity index (χ3v) is 4.30. The zero-order chi connectivity index (χ0) is 21.2. The number of hydrogen-bond donors (Lipinski definition) is 3. The second-order valence-corrected chi connectivity index (χ2v) is 6.62. The monoisotopic (exact) mass is 533 g/mol. The maximum atomic E-state index is 12.0. The lowest BCUT2D eigenvalue weighted by Gasteiger charge is -2.10. The maximum absolute atomic E-state index is 12.0. The van der Waals surface area contributed by atoms with Crippen LogP contribution in [0.15, 0.2) is 70.3 Å². The fraction of sp³-hybridized carbons (Fsp3) is 0.261. The third-order valence-electron chi connectivity index (χ3n) is 4.30. The third kappa shape index (κ3) is 7.39. The van der Waals surface area contributed by atoms with Gasteiger partial charge in [-0.05, 0) is 43.7 Å². The summed E-state index contributed by atoms with van der Waals surface area (Å²) in [6.07, 6.45) is 1.65. The van der Waals surface area contributed by atoms with Gasteiger partial charge in [-0.1, -0.05) is 30.3 Å². The number of hydrogen-bond acceptors (Lipinski definition) is 4. The molecule has 0 saturated heterocycles. The summed E-state index contributed by atoms with van der Waals surface area (Å²) >= 11 is 0. The number of carbonyl (C=O) groups is 1. The van der Waals surface area contributed by atoms with Crippen molar-refractivity contribution < 1.29 is 9.21 Å². The molecule has 8 heteroatoms. The number of oxazole rings is 1. The Morgan fingerprint density at radius 1 is 1.00 bits per heavy atom.